The van der Waals surface area contributed by atoms with Gasteiger partial charge in [0.2, 0.25) is 0 Å². The maximum absolute atomic E-state index is 12.9. The molecule has 5 rings (SSSR count). The molecule has 0 aliphatic carbocycles. The van der Waals surface area contributed by atoms with Crippen LogP contribution >= 0.6 is 34.4 Å². The molecule has 0 saturated carbocycles. The van der Waals surface area contributed by atoms with Crippen LogP contribution in [0.2, 0.25) is 0 Å². The first-order valence-corrected chi connectivity index (χ1v) is 12.7. The average molecular weight is 577 g/mol. The van der Waals surface area contributed by atoms with Gasteiger partial charge in [0.15, 0.2) is 0 Å². The zero-order chi connectivity index (χ0) is 23.5. The fourth-order valence-electron chi connectivity index (χ4n) is 3.83. The molecule has 4 aromatic rings. The molecule has 34 heavy (non-hydrogen) atoms. The Morgan fingerprint density at radius 2 is 1.65 bits per heavy atom. The number of imide groups is 1. The molecule has 0 unspecified atom stereocenters. The van der Waals surface area contributed by atoms with E-state index in [2.05, 4.69) is 46.9 Å². The molecule has 1 aliphatic rings. The van der Waals surface area contributed by atoms with Crippen LogP contribution in [0.5, 0.6) is 5.75 Å². The van der Waals surface area contributed by atoms with Crippen molar-refractivity contribution in [2.45, 2.75) is 13.2 Å². The molecule has 1 heterocycles. The maximum atomic E-state index is 12.9. The van der Waals surface area contributed by atoms with Crippen LogP contribution in [0.25, 0.3) is 16.8 Å². The van der Waals surface area contributed by atoms with E-state index in [-0.39, 0.29) is 17.7 Å². The minimum atomic E-state index is -0.268. The van der Waals surface area contributed by atoms with Crippen molar-refractivity contribution in [2.24, 2.45) is 0 Å². The summed E-state index contributed by atoms with van der Waals surface area (Å²) in [6.07, 6.45) is 1.75. The molecule has 0 radical (unpaired) electrons. The Kier molecular flexibility index (Phi) is 6.69. The van der Waals surface area contributed by atoms with Gasteiger partial charge in [0.05, 0.1) is 11.4 Å². The van der Waals surface area contributed by atoms with Crippen LogP contribution in [-0.4, -0.2) is 16.0 Å². The number of halogens is 1. The third-order valence-corrected chi connectivity index (χ3v) is 7.18. The number of carbonyl (C=O) groups excluding carboxylic acids is 2. The van der Waals surface area contributed by atoms with Crippen molar-refractivity contribution < 1.29 is 14.3 Å². The van der Waals surface area contributed by atoms with E-state index in [1.54, 1.807) is 6.08 Å². The highest BCUT2D eigenvalue weighted by atomic mass is 127. The number of nitrogens with zero attached hydrogens (tertiary/aromatic N) is 1. The quantitative estimate of drug-likeness (QED) is 0.179. The van der Waals surface area contributed by atoms with Crippen molar-refractivity contribution in [2.75, 3.05) is 0 Å². The fraction of sp³-hybridized carbons (Fsp3) is 0.0714. The summed E-state index contributed by atoms with van der Waals surface area (Å²) in [4.78, 5) is 27.1. The summed E-state index contributed by atoms with van der Waals surface area (Å²) < 4.78 is 7.17. The molecule has 4 nitrogen and oxygen atoms in total. The second-order valence-electron chi connectivity index (χ2n) is 7.89. The number of fused-ring (bicyclic) bond motifs is 1. The molecular weight excluding hydrogens is 557 g/mol. The van der Waals surface area contributed by atoms with Crippen LogP contribution in [0.1, 0.15) is 16.7 Å². The van der Waals surface area contributed by atoms with E-state index in [0.29, 0.717) is 17.3 Å². The first kappa shape index (κ1) is 22.7. The summed E-state index contributed by atoms with van der Waals surface area (Å²) in [5, 5.41) is 2.10. The summed E-state index contributed by atoms with van der Waals surface area (Å²) in [5.74, 6) is 0.440. The lowest BCUT2D eigenvalue weighted by molar-refractivity contribution is -0.123. The summed E-state index contributed by atoms with van der Waals surface area (Å²) in [6, 6.07) is 29.8. The van der Waals surface area contributed by atoms with Crippen molar-refractivity contribution >= 4 is 62.3 Å². The van der Waals surface area contributed by atoms with Gasteiger partial charge in [0, 0.05) is 3.57 Å². The molecule has 168 valence electrons. The van der Waals surface area contributed by atoms with Gasteiger partial charge in [0.25, 0.3) is 11.1 Å². The number of hydrogen-bond donors (Lipinski definition) is 0. The molecule has 0 bridgehead atoms. The Balaban J connectivity index is 1.30. The number of ether oxygens (including phenoxy) is 1. The van der Waals surface area contributed by atoms with Gasteiger partial charge in [-0.05, 0) is 92.2 Å². The highest BCUT2D eigenvalue weighted by molar-refractivity contribution is 14.1. The largest absolute Gasteiger partial charge is 0.489 e. The van der Waals surface area contributed by atoms with Crippen molar-refractivity contribution in [3.63, 3.8) is 0 Å². The lowest BCUT2D eigenvalue weighted by Crippen LogP contribution is -2.27. The van der Waals surface area contributed by atoms with E-state index >= 15 is 0 Å². The zero-order valence-corrected chi connectivity index (χ0v) is 21.1. The smallest absolute Gasteiger partial charge is 0.293 e. The standard InChI is InChI=1S/C28H20INO3S/c29-23-13-11-19(12-14-23)17-30-27(31)26(34-28(30)32)16-20-5-3-9-24(15-20)33-18-22-8-4-7-21-6-1-2-10-25(21)22/h1-16H,17-18H2/b26-16-. The van der Waals surface area contributed by atoms with E-state index in [4.69, 9.17) is 4.74 Å². The molecular formula is C28H20INO3S. The zero-order valence-electron chi connectivity index (χ0n) is 18.1. The van der Waals surface area contributed by atoms with Crippen molar-refractivity contribution in [3.05, 3.63) is 116 Å². The summed E-state index contributed by atoms with van der Waals surface area (Å²) in [5.41, 5.74) is 2.85. The molecule has 0 atom stereocenters. The minimum Gasteiger partial charge on any atom is -0.489 e. The number of carbonyl (C=O) groups is 2. The van der Waals surface area contributed by atoms with Gasteiger partial charge in [-0.2, -0.15) is 0 Å². The molecule has 1 fully saturated rings. The Morgan fingerprint density at radius 3 is 2.50 bits per heavy atom. The number of benzene rings is 4. The predicted molar refractivity (Wildman–Crippen MR) is 145 cm³/mol. The first-order valence-electron chi connectivity index (χ1n) is 10.8. The van der Waals surface area contributed by atoms with Crippen LogP contribution in [0.4, 0.5) is 4.79 Å². The molecule has 2 amide bonds. The van der Waals surface area contributed by atoms with Crippen LogP contribution in [0.3, 0.4) is 0 Å². The summed E-state index contributed by atoms with van der Waals surface area (Å²) in [6.45, 7) is 0.713. The van der Waals surface area contributed by atoms with Gasteiger partial charge in [-0.3, -0.25) is 14.5 Å². The topological polar surface area (TPSA) is 46.6 Å². The maximum Gasteiger partial charge on any atom is 0.293 e. The van der Waals surface area contributed by atoms with Gasteiger partial charge in [-0.15, -0.1) is 0 Å². The van der Waals surface area contributed by atoms with Crippen molar-refractivity contribution in [1.82, 2.24) is 4.90 Å². The van der Waals surface area contributed by atoms with E-state index in [1.807, 2.05) is 66.7 Å². The summed E-state index contributed by atoms with van der Waals surface area (Å²) in [7, 11) is 0. The van der Waals surface area contributed by atoms with Gasteiger partial charge >= 0.3 is 0 Å². The highest BCUT2D eigenvalue weighted by Crippen LogP contribution is 2.34. The number of thioether (sulfide) groups is 1. The Bertz CT molecular complexity index is 1410. The SMILES string of the molecule is O=C1S/C(=C\c2cccc(OCc3cccc4ccccc34)c2)C(=O)N1Cc1ccc(I)cc1. The summed E-state index contributed by atoms with van der Waals surface area (Å²) >= 11 is 3.20. The van der Waals surface area contributed by atoms with Crippen LogP contribution in [0, 0.1) is 3.57 Å². The normalized spacial score (nSPS) is 14.9. The molecule has 1 aliphatic heterocycles. The van der Waals surface area contributed by atoms with E-state index in [0.717, 1.165) is 32.0 Å². The molecule has 1 saturated heterocycles. The lowest BCUT2D eigenvalue weighted by Gasteiger charge is -2.12. The predicted octanol–water partition coefficient (Wildman–Crippen LogP) is 7.26. The highest BCUT2D eigenvalue weighted by Gasteiger charge is 2.34. The Hall–Kier alpha value is -3.10. The van der Waals surface area contributed by atoms with Gasteiger partial charge in [-0.1, -0.05) is 66.7 Å². The fourth-order valence-corrected chi connectivity index (χ4v) is 5.03. The van der Waals surface area contributed by atoms with E-state index in [1.165, 1.54) is 15.7 Å². The first-order chi connectivity index (χ1) is 16.6. The van der Waals surface area contributed by atoms with Gasteiger partial charge in [-0.25, -0.2) is 0 Å². The molecule has 0 aromatic heterocycles. The second kappa shape index (κ2) is 10.0. The van der Waals surface area contributed by atoms with E-state index in [9.17, 15) is 9.59 Å². The third-order valence-electron chi connectivity index (χ3n) is 5.56. The number of rotatable bonds is 6. The second-order valence-corrected chi connectivity index (χ2v) is 10.1. The number of amides is 2. The molecule has 0 N–H and O–H groups in total. The third kappa shape index (κ3) is 5.03. The van der Waals surface area contributed by atoms with Gasteiger partial charge in [0.1, 0.15) is 12.4 Å². The number of hydrogen-bond acceptors (Lipinski definition) is 4. The van der Waals surface area contributed by atoms with E-state index < -0.39 is 0 Å². The minimum absolute atomic E-state index is 0.252. The van der Waals surface area contributed by atoms with Crippen molar-refractivity contribution in [1.29, 1.82) is 0 Å². The van der Waals surface area contributed by atoms with Gasteiger partial charge < -0.3 is 4.74 Å². The Labute approximate surface area is 215 Å². The lowest BCUT2D eigenvalue weighted by atomic mass is 10.1. The van der Waals surface area contributed by atoms with Crippen LogP contribution in [-0.2, 0) is 17.9 Å². The van der Waals surface area contributed by atoms with Crippen LogP contribution < -0.4 is 4.74 Å². The van der Waals surface area contributed by atoms with Crippen LogP contribution in [0.15, 0.2) is 95.9 Å². The Morgan fingerprint density at radius 1 is 0.882 bits per heavy atom. The molecule has 4 aromatic carbocycles. The molecule has 6 heteroatoms. The molecule has 0 spiro atoms. The van der Waals surface area contributed by atoms with Crippen molar-refractivity contribution in [3.8, 4) is 5.75 Å². The monoisotopic (exact) mass is 577 g/mol. The average Bonchev–Trinajstić information content (AvgIpc) is 3.11.